The molecule has 0 spiro atoms. The van der Waals surface area contributed by atoms with E-state index in [0.29, 0.717) is 23.5 Å². The zero-order valence-electron chi connectivity index (χ0n) is 12.0. The molecule has 2 aromatic rings. The van der Waals surface area contributed by atoms with Gasteiger partial charge in [0.1, 0.15) is 16.1 Å². The van der Waals surface area contributed by atoms with Gasteiger partial charge in [0, 0.05) is 11.5 Å². The first kappa shape index (κ1) is 14.7. The number of halogens is 1. The zero-order chi connectivity index (χ0) is 14.2. The van der Waals surface area contributed by atoms with Gasteiger partial charge < -0.3 is 4.74 Å². The molecule has 0 aliphatic rings. The largest absolute Gasteiger partial charge is 0.370 e. The lowest BCUT2D eigenvalue weighted by Crippen LogP contribution is -2.14. The molecule has 2 aromatic heterocycles. The Morgan fingerprint density at radius 2 is 1.95 bits per heavy atom. The van der Waals surface area contributed by atoms with E-state index in [4.69, 9.17) is 16.3 Å². The average molecular weight is 299 g/mol. The summed E-state index contributed by atoms with van der Waals surface area (Å²) in [7, 11) is 0. The van der Waals surface area contributed by atoms with Crippen molar-refractivity contribution >= 4 is 33.2 Å². The van der Waals surface area contributed by atoms with Crippen molar-refractivity contribution in [3.8, 4) is 0 Å². The van der Waals surface area contributed by atoms with Crippen molar-refractivity contribution in [3.05, 3.63) is 21.4 Å². The first-order chi connectivity index (χ1) is 8.95. The topological polar surface area (TPSA) is 35.0 Å². The molecule has 104 valence electrons. The predicted molar refractivity (Wildman–Crippen MR) is 81.1 cm³/mol. The molecular formula is C14H19ClN2OS. The monoisotopic (exact) mass is 298 g/mol. The highest BCUT2D eigenvalue weighted by atomic mass is 35.5. The lowest BCUT2D eigenvalue weighted by atomic mass is 10.1. The van der Waals surface area contributed by atoms with Crippen LogP contribution in [0.1, 0.15) is 43.1 Å². The van der Waals surface area contributed by atoms with Gasteiger partial charge in [-0.2, -0.15) is 0 Å². The maximum Gasteiger partial charge on any atom is 0.160 e. The fourth-order valence-corrected chi connectivity index (χ4v) is 3.50. The minimum Gasteiger partial charge on any atom is -0.370 e. The summed E-state index contributed by atoms with van der Waals surface area (Å²) in [6.07, 6.45) is -0.102. The maximum absolute atomic E-state index is 6.33. The van der Waals surface area contributed by atoms with Crippen molar-refractivity contribution in [2.24, 2.45) is 5.92 Å². The summed E-state index contributed by atoms with van der Waals surface area (Å²) < 4.78 is 5.75. The van der Waals surface area contributed by atoms with Gasteiger partial charge in [-0.15, -0.1) is 11.3 Å². The van der Waals surface area contributed by atoms with Gasteiger partial charge in [-0.25, -0.2) is 9.97 Å². The summed E-state index contributed by atoms with van der Waals surface area (Å²) in [6.45, 7) is 11.0. The first-order valence-electron chi connectivity index (χ1n) is 6.50. The van der Waals surface area contributed by atoms with Gasteiger partial charge in [-0.05, 0) is 32.3 Å². The predicted octanol–water partition coefficient (Wildman–Crippen LogP) is 4.70. The molecule has 0 bridgehead atoms. The third-order valence-corrected chi connectivity index (χ3v) is 4.58. The highest BCUT2D eigenvalue weighted by Crippen LogP contribution is 2.35. The van der Waals surface area contributed by atoms with Gasteiger partial charge >= 0.3 is 0 Å². The number of nitrogens with zero attached hydrogens (tertiary/aromatic N) is 2. The Kier molecular flexibility index (Phi) is 4.43. The summed E-state index contributed by atoms with van der Waals surface area (Å²) in [6, 6.07) is 0. The molecule has 0 fully saturated rings. The van der Waals surface area contributed by atoms with E-state index in [-0.39, 0.29) is 6.10 Å². The van der Waals surface area contributed by atoms with E-state index in [1.807, 2.05) is 6.92 Å². The Labute approximate surface area is 123 Å². The van der Waals surface area contributed by atoms with Gasteiger partial charge in [0.15, 0.2) is 5.82 Å². The molecule has 0 saturated carbocycles. The molecule has 1 atom stereocenters. The fraction of sp³-hybridized carbons (Fsp3) is 0.571. The van der Waals surface area contributed by atoms with E-state index >= 15 is 0 Å². The Bertz CT molecular complexity index is 595. The van der Waals surface area contributed by atoms with Gasteiger partial charge in [0.05, 0.1) is 5.39 Å². The third-order valence-electron chi connectivity index (χ3n) is 3.21. The molecule has 3 nitrogen and oxygen atoms in total. The highest BCUT2D eigenvalue weighted by Gasteiger charge is 2.22. The number of rotatable bonds is 4. The zero-order valence-corrected chi connectivity index (χ0v) is 13.5. The quantitative estimate of drug-likeness (QED) is 0.768. The van der Waals surface area contributed by atoms with Crippen LogP contribution in [0.5, 0.6) is 0 Å². The molecular weight excluding hydrogens is 280 g/mol. The molecule has 0 radical (unpaired) electrons. The minimum absolute atomic E-state index is 0.102. The molecule has 1 unspecified atom stereocenters. The SMILES string of the molecule is CCOC(c1nc(Cl)c2c(C)c(C)sc2n1)C(C)C. The van der Waals surface area contributed by atoms with Crippen molar-refractivity contribution in [3.63, 3.8) is 0 Å². The van der Waals surface area contributed by atoms with E-state index in [9.17, 15) is 0 Å². The van der Waals surface area contributed by atoms with Crippen molar-refractivity contribution < 1.29 is 4.74 Å². The fourth-order valence-electron chi connectivity index (χ4n) is 2.09. The number of aryl methyl sites for hydroxylation is 2. The smallest absolute Gasteiger partial charge is 0.160 e. The standard InChI is InChI=1S/C14H19ClN2OS/c1-6-18-11(7(2)3)13-16-12(15)10-8(4)9(5)19-14(10)17-13/h7,11H,6H2,1-5H3. The van der Waals surface area contributed by atoms with Crippen LogP contribution in [0.2, 0.25) is 5.15 Å². The van der Waals surface area contributed by atoms with E-state index in [1.165, 1.54) is 10.4 Å². The van der Waals surface area contributed by atoms with Crippen LogP contribution in [0, 0.1) is 19.8 Å². The van der Waals surface area contributed by atoms with Crippen molar-refractivity contribution in [2.45, 2.75) is 40.7 Å². The number of thiophene rings is 1. The number of ether oxygens (including phenoxy) is 1. The molecule has 0 aliphatic carbocycles. The lowest BCUT2D eigenvalue weighted by molar-refractivity contribution is 0.0235. The molecule has 0 amide bonds. The van der Waals surface area contributed by atoms with E-state index in [1.54, 1.807) is 11.3 Å². The van der Waals surface area contributed by atoms with Crippen LogP contribution in [0.3, 0.4) is 0 Å². The van der Waals surface area contributed by atoms with E-state index in [0.717, 1.165) is 10.2 Å². The molecule has 0 saturated heterocycles. The Morgan fingerprint density at radius 3 is 2.53 bits per heavy atom. The van der Waals surface area contributed by atoms with Crippen LogP contribution in [-0.4, -0.2) is 16.6 Å². The summed E-state index contributed by atoms with van der Waals surface area (Å²) in [5.74, 6) is 1.01. The van der Waals surface area contributed by atoms with Gasteiger partial charge in [0.2, 0.25) is 0 Å². The van der Waals surface area contributed by atoms with Crippen molar-refractivity contribution in [1.82, 2.24) is 9.97 Å². The van der Waals surface area contributed by atoms with Crippen LogP contribution >= 0.6 is 22.9 Å². The first-order valence-corrected chi connectivity index (χ1v) is 7.69. The number of fused-ring (bicyclic) bond motifs is 1. The van der Waals surface area contributed by atoms with Crippen molar-refractivity contribution in [2.75, 3.05) is 6.61 Å². The second kappa shape index (κ2) is 5.73. The minimum atomic E-state index is -0.102. The highest BCUT2D eigenvalue weighted by molar-refractivity contribution is 7.18. The van der Waals surface area contributed by atoms with E-state index in [2.05, 4.69) is 37.7 Å². The van der Waals surface area contributed by atoms with Crippen LogP contribution in [-0.2, 0) is 4.74 Å². The summed E-state index contributed by atoms with van der Waals surface area (Å²) in [4.78, 5) is 11.3. The van der Waals surface area contributed by atoms with Crippen molar-refractivity contribution in [1.29, 1.82) is 0 Å². The Morgan fingerprint density at radius 1 is 1.26 bits per heavy atom. The normalized spacial score (nSPS) is 13.4. The number of hydrogen-bond donors (Lipinski definition) is 0. The van der Waals surface area contributed by atoms with E-state index < -0.39 is 0 Å². The molecule has 0 aromatic carbocycles. The van der Waals surface area contributed by atoms with Crippen LogP contribution in [0.15, 0.2) is 0 Å². The third kappa shape index (κ3) is 2.76. The van der Waals surface area contributed by atoms with Crippen LogP contribution in [0.25, 0.3) is 10.2 Å². The average Bonchev–Trinajstić information content (AvgIpc) is 2.61. The molecule has 19 heavy (non-hydrogen) atoms. The van der Waals surface area contributed by atoms with Gasteiger partial charge in [-0.1, -0.05) is 25.4 Å². The number of aromatic nitrogens is 2. The maximum atomic E-state index is 6.33. The Hall–Kier alpha value is -0.710. The van der Waals surface area contributed by atoms with Gasteiger partial charge in [0.25, 0.3) is 0 Å². The molecule has 2 rings (SSSR count). The van der Waals surface area contributed by atoms with Crippen LogP contribution in [0.4, 0.5) is 0 Å². The van der Waals surface area contributed by atoms with Gasteiger partial charge in [-0.3, -0.25) is 0 Å². The summed E-state index contributed by atoms with van der Waals surface area (Å²) in [5, 5.41) is 1.51. The summed E-state index contributed by atoms with van der Waals surface area (Å²) >= 11 is 7.99. The number of hydrogen-bond acceptors (Lipinski definition) is 4. The molecule has 2 heterocycles. The second-order valence-corrected chi connectivity index (χ2v) is 6.52. The second-order valence-electron chi connectivity index (χ2n) is 4.96. The van der Waals surface area contributed by atoms with Crippen LogP contribution < -0.4 is 0 Å². The Balaban J connectivity index is 2.56. The lowest BCUT2D eigenvalue weighted by Gasteiger charge is -2.19. The molecule has 5 heteroatoms. The molecule has 0 aliphatic heterocycles. The summed E-state index contributed by atoms with van der Waals surface area (Å²) in [5.41, 5.74) is 1.18. The molecule has 0 N–H and O–H groups in total.